The molecule has 2 rings (SSSR count). The molecule has 2 heterocycles. The summed E-state index contributed by atoms with van der Waals surface area (Å²) < 4.78 is 3.00. The standard InChI is InChI=1S/C14H20S2/c1-13(2,3)9-7-15-12-10(14(4,5)6)8-16-11(9)12/h7-8H,1-6H3. The maximum Gasteiger partial charge on any atom is 0.0491 e. The SMILES string of the molecule is CC(C)(C)c1csc2c(C(C)(C)C)csc12. The molecule has 2 aromatic rings. The van der Waals surface area contributed by atoms with Crippen LogP contribution in [0.4, 0.5) is 0 Å². The first-order valence-electron chi connectivity index (χ1n) is 5.71. The Morgan fingerprint density at radius 3 is 1.25 bits per heavy atom. The van der Waals surface area contributed by atoms with E-state index in [0.29, 0.717) is 0 Å². The van der Waals surface area contributed by atoms with E-state index >= 15 is 0 Å². The summed E-state index contributed by atoms with van der Waals surface area (Å²) in [6, 6.07) is 0. The Kier molecular flexibility index (Phi) is 2.71. The molecule has 0 saturated heterocycles. The van der Waals surface area contributed by atoms with Crippen molar-refractivity contribution in [1.82, 2.24) is 0 Å². The number of thiophene rings is 2. The second-order valence-corrected chi connectivity index (χ2v) is 8.22. The molecule has 0 saturated carbocycles. The van der Waals surface area contributed by atoms with Crippen LogP contribution in [0.5, 0.6) is 0 Å². The number of hydrogen-bond donors (Lipinski definition) is 0. The first kappa shape index (κ1) is 12.1. The molecule has 0 aliphatic rings. The molecule has 0 amide bonds. The summed E-state index contributed by atoms with van der Waals surface area (Å²) in [6.45, 7) is 13.8. The van der Waals surface area contributed by atoms with E-state index in [0.717, 1.165) is 0 Å². The third-order valence-electron chi connectivity index (χ3n) is 2.90. The maximum atomic E-state index is 2.34. The average molecular weight is 252 g/mol. The summed E-state index contributed by atoms with van der Waals surface area (Å²) in [7, 11) is 0. The van der Waals surface area contributed by atoms with Crippen molar-refractivity contribution in [2.45, 2.75) is 52.4 Å². The van der Waals surface area contributed by atoms with Crippen molar-refractivity contribution in [2.75, 3.05) is 0 Å². The van der Waals surface area contributed by atoms with Crippen molar-refractivity contribution in [3.05, 3.63) is 21.9 Å². The highest BCUT2D eigenvalue weighted by atomic mass is 32.1. The second kappa shape index (κ2) is 3.58. The first-order valence-corrected chi connectivity index (χ1v) is 7.47. The maximum absolute atomic E-state index is 2.34. The fourth-order valence-electron chi connectivity index (χ4n) is 1.86. The average Bonchev–Trinajstić information content (AvgIpc) is 2.54. The van der Waals surface area contributed by atoms with E-state index in [-0.39, 0.29) is 10.8 Å². The van der Waals surface area contributed by atoms with Gasteiger partial charge in [-0.1, -0.05) is 41.5 Å². The lowest BCUT2D eigenvalue weighted by Gasteiger charge is -2.17. The molecule has 2 aromatic heterocycles. The molecule has 0 bridgehead atoms. The van der Waals surface area contributed by atoms with Crippen LogP contribution in [0.1, 0.15) is 52.7 Å². The Balaban J connectivity index is 2.66. The largest absolute Gasteiger partial charge is 0.142 e. The smallest absolute Gasteiger partial charge is 0.0491 e. The van der Waals surface area contributed by atoms with Gasteiger partial charge < -0.3 is 0 Å². The molecule has 2 heteroatoms. The minimum absolute atomic E-state index is 0.262. The van der Waals surface area contributed by atoms with Gasteiger partial charge in [0.2, 0.25) is 0 Å². The topological polar surface area (TPSA) is 0 Å². The van der Waals surface area contributed by atoms with Gasteiger partial charge in [-0.25, -0.2) is 0 Å². The van der Waals surface area contributed by atoms with Crippen LogP contribution in [0.15, 0.2) is 10.8 Å². The zero-order valence-electron chi connectivity index (χ0n) is 11.0. The van der Waals surface area contributed by atoms with E-state index in [1.807, 2.05) is 22.7 Å². The van der Waals surface area contributed by atoms with Crippen LogP contribution in [0.2, 0.25) is 0 Å². The summed E-state index contributed by atoms with van der Waals surface area (Å²) >= 11 is 3.82. The molecule has 0 aliphatic carbocycles. The molecule has 0 aromatic carbocycles. The summed E-state index contributed by atoms with van der Waals surface area (Å²) in [6.07, 6.45) is 0. The van der Waals surface area contributed by atoms with Gasteiger partial charge in [-0.3, -0.25) is 0 Å². The van der Waals surface area contributed by atoms with Gasteiger partial charge in [0.25, 0.3) is 0 Å². The molecule has 0 aliphatic heterocycles. The summed E-state index contributed by atoms with van der Waals surface area (Å²) in [5, 5.41) is 4.69. The molecule has 88 valence electrons. The summed E-state index contributed by atoms with van der Waals surface area (Å²) in [5.74, 6) is 0. The molecule has 16 heavy (non-hydrogen) atoms. The Bertz CT molecular complexity index is 453. The van der Waals surface area contributed by atoms with Crippen molar-refractivity contribution in [3.63, 3.8) is 0 Å². The number of fused-ring (bicyclic) bond motifs is 1. The monoisotopic (exact) mass is 252 g/mol. The minimum Gasteiger partial charge on any atom is -0.142 e. The fraction of sp³-hybridized carbons (Fsp3) is 0.571. The molecular weight excluding hydrogens is 232 g/mol. The van der Waals surface area contributed by atoms with Gasteiger partial charge in [-0.2, -0.15) is 0 Å². The molecule has 0 N–H and O–H groups in total. The molecule has 0 fully saturated rings. The first-order chi connectivity index (χ1) is 7.21. The molecular formula is C14H20S2. The lowest BCUT2D eigenvalue weighted by Crippen LogP contribution is -2.10. The van der Waals surface area contributed by atoms with Crippen molar-refractivity contribution in [1.29, 1.82) is 0 Å². The van der Waals surface area contributed by atoms with Crippen LogP contribution in [0, 0.1) is 0 Å². The van der Waals surface area contributed by atoms with Gasteiger partial charge in [0, 0.05) is 9.40 Å². The van der Waals surface area contributed by atoms with Gasteiger partial charge in [0.1, 0.15) is 0 Å². The lowest BCUT2D eigenvalue weighted by molar-refractivity contribution is 0.596. The third-order valence-corrected chi connectivity index (χ3v) is 5.06. The predicted molar refractivity (Wildman–Crippen MR) is 77.1 cm³/mol. The summed E-state index contributed by atoms with van der Waals surface area (Å²) in [4.78, 5) is 0. The molecule has 0 radical (unpaired) electrons. The Labute approximate surface area is 106 Å². The molecule has 0 unspecified atom stereocenters. The van der Waals surface area contributed by atoms with Gasteiger partial charge in [-0.05, 0) is 32.7 Å². The molecule has 0 spiro atoms. The Morgan fingerprint density at radius 2 is 1.00 bits per heavy atom. The minimum atomic E-state index is 0.262. The van der Waals surface area contributed by atoms with Crippen LogP contribution in [-0.4, -0.2) is 0 Å². The Morgan fingerprint density at radius 1 is 0.688 bits per heavy atom. The van der Waals surface area contributed by atoms with E-state index in [1.165, 1.54) is 20.5 Å². The van der Waals surface area contributed by atoms with Gasteiger partial charge >= 0.3 is 0 Å². The van der Waals surface area contributed by atoms with E-state index in [9.17, 15) is 0 Å². The van der Waals surface area contributed by atoms with Crippen LogP contribution >= 0.6 is 22.7 Å². The fourth-order valence-corrected chi connectivity index (χ4v) is 5.13. The summed E-state index contributed by atoms with van der Waals surface area (Å²) in [5.41, 5.74) is 3.54. The van der Waals surface area contributed by atoms with Crippen LogP contribution in [0.3, 0.4) is 0 Å². The van der Waals surface area contributed by atoms with Crippen molar-refractivity contribution < 1.29 is 0 Å². The zero-order valence-corrected chi connectivity index (χ0v) is 12.6. The molecule has 0 nitrogen and oxygen atoms in total. The third kappa shape index (κ3) is 1.93. The number of hydrogen-bond acceptors (Lipinski definition) is 2. The van der Waals surface area contributed by atoms with E-state index in [4.69, 9.17) is 0 Å². The van der Waals surface area contributed by atoms with Crippen molar-refractivity contribution in [3.8, 4) is 0 Å². The van der Waals surface area contributed by atoms with Gasteiger partial charge in [0.05, 0.1) is 0 Å². The van der Waals surface area contributed by atoms with Crippen LogP contribution < -0.4 is 0 Å². The highest BCUT2D eigenvalue weighted by molar-refractivity contribution is 7.26. The highest BCUT2D eigenvalue weighted by Crippen LogP contribution is 2.43. The van der Waals surface area contributed by atoms with E-state index in [2.05, 4.69) is 52.3 Å². The predicted octanol–water partition coefficient (Wildman–Crippen LogP) is 5.56. The van der Waals surface area contributed by atoms with E-state index in [1.54, 1.807) is 0 Å². The van der Waals surface area contributed by atoms with Gasteiger partial charge in [-0.15, -0.1) is 22.7 Å². The van der Waals surface area contributed by atoms with Crippen LogP contribution in [-0.2, 0) is 10.8 Å². The Hall–Kier alpha value is -0.340. The lowest BCUT2D eigenvalue weighted by atomic mass is 9.87. The number of rotatable bonds is 0. The highest BCUT2D eigenvalue weighted by Gasteiger charge is 2.24. The van der Waals surface area contributed by atoms with Gasteiger partial charge in [0.15, 0.2) is 0 Å². The van der Waals surface area contributed by atoms with Crippen molar-refractivity contribution in [2.24, 2.45) is 0 Å². The normalized spacial score (nSPS) is 13.6. The molecule has 0 atom stereocenters. The second-order valence-electron chi connectivity index (χ2n) is 6.46. The zero-order chi connectivity index (χ0) is 12.1. The quantitative estimate of drug-likeness (QED) is 0.576. The van der Waals surface area contributed by atoms with E-state index < -0.39 is 0 Å². The van der Waals surface area contributed by atoms with Crippen molar-refractivity contribution >= 4 is 32.1 Å². The van der Waals surface area contributed by atoms with Crippen LogP contribution in [0.25, 0.3) is 9.40 Å².